The van der Waals surface area contributed by atoms with Crippen molar-refractivity contribution in [3.63, 3.8) is 0 Å². The molecule has 0 bridgehead atoms. The van der Waals surface area contributed by atoms with Crippen molar-refractivity contribution in [3.8, 4) is 0 Å². The quantitative estimate of drug-likeness (QED) is 0.686. The molecular formula is C20H29N5O4S. The van der Waals surface area contributed by atoms with Gasteiger partial charge in [-0.05, 0) is 51.4 Å². The number of rotatable bonds is 6. The molecule has 1 saturated carbocycles. The van der Waals surface area contributed by atoms with Crippen LogP contribution in [0.3, 0.4) is 0 Å². The highest BCUT2D eigenvalue weighted by Gasteiger charge is 2.43. The zero-order valence-corrected chi connectivity index (χ0v) is 18.2. The third-order valence-electron chi connectivity index (χ3n) is 6.69. The molecule has 9 nitrogen and oxygen atoms in total. The van der Waals surface area contributed by atoms with Crippen LogP contribution in [-0.2, 0) is 27.7 Å². The molecule has 3 fully saturated rings. The van der Waals surface area contributed by atoms with Crippen LogP contribution in [-0.4, -0.2) is 57.9 Å². The number of hydrogen-bond donors (Lipinski definition) is 0. The SMILES string of the molecule is CCn1cc(S(=O)(=O)N2CCC3(CC2)CC(Cc2nc(C4CC4)no2)CCO3)cn1. The predicted octanol–water partition coefficient (Wildman–Crippen LogP) is 2.36. The fraction of sp³-hybridized carbons (Fsp3) is 0.750. The zero-order valence-electron chi connectivity index (χ0n) is 17.4. The summed E-state index contributed by atoms with van der Waals surface area (Å²) in [6.07, 6.45) is 9.46. The molecule has 10 heteroatoms. The van der Waals surface area contributed by atoms with E-state index in [-0.39, 0.29) is 10.5 Å². The van der Waals surface area contributed by atoms with Gasteiger partial charge in [0.1, 0.15) is 4.90 Å². The zero-order chi connectivity index (χ0) is 20.8. The molecule has 2 aromatic rings. The molecule has 3 aliphatic rings. The van der Waals surface area contributed by atoms with Gasteiger partial charge in [-0.3, -0.25) is 4.68 Å². The molecule has 1 spiro atoms. The second-order valence-electron chi connectivity index (χ2n) is 8.85. The van der Waals surface area contributed by atoms with E-state index in [9.17, 15) is 8.42 Å². The molecule has 0 radical (unpaired) electrons. The van der Waals surface area contributed by atoms with Crippen molar-refractivity contribution in [2.75, 3.05) is 19.7 Å². The lowest BCUT2D eigenvalue weighted by Crippen LogP contribution is -2.50. The first-order valence-electron chi connectivity index (χ1n) is 11.0. The van der Waals surface area contributed by atoms with Crippen molar-refractivity contribution in [1.82, 2.24) is 24.2 Å². The Labute approximate surface area is 176 Å². The van der Waals surface area contributed by atoms with Crippen molar-refractivity contribution < 1.29 is 17.7 Å². The predicted molar refractivity (Wildman–Crippen MR) is 107 cm³/mol. The molecule has 2 saturated heterocycles. The lowest BCUT2D eigenvalue weighted by Gasteiger charge is -2.45. The third kappa shape index (κ3) is 3.92. The van der Waals surface area contributed by atoms with Gasteiger partial charge in [0, 0.05) is 44.8 Å². The van der Waals surface area contributed by atoms with Crippen molar-refractivity contribution >= 4 is 10.0 Å². The molecule has 0 N–H and O–H groups in total. The van der Waals surface area contributed by atoms with Crippen LogP contribution < -0.4 is 0 Å². The smallest absolute Gasteiger partial charge is 0.246 e. The van der Waals surface area contributed by atoms with E-state index in [0.717, 1.165) is 43.8 Å². The van der Waals surface area contributed by atoms with Gasteiger partial charge in [0.05, 0.1) is 11.8 Å². The maximum absolute atomic E-state index is 13.0. The summed E-state index contributed by atoms with van der Waals surface area (Å²) in [5.41, 5.74) is -0.248. The Morgan fingerprint density at radius 3 is 2.73 bits per heavy atom. The van der Waals surface area contributed by atoms with Crippen LogP contribution >= 0.6 is 0 Å². The summed E-state index contributed by atoms with van der Waals surface area (Å²) in [7, 11) is -3.51. The Kier molecular flexibility index (Phi) is 5.19. The summed E-state index contributed by atoms with van der Waals surface area (Å²) < 4.78 is 40.8. The number of ether oxygens (including phenoxy) is 1. The average Bonchev–Trinajstić information content (AvgIpc) is 3.28. The van der Waals surface area contributed by atoms with Gasteiger partial charge in [0.25, 0.3) is 0 Å². The molecule has 0 aromatic carbocycles. The fourth-order valence-corrected chi connectivity index (χ4v) is 6.09. The molecule has 2 aromatic heterocycles. The van der Waals surface area contributed by atoms with Crippen LogP contribution in [0.25, 0.3) is 0 Å². The van der Waals surface area contributed by atoms with Crippen LogP contribution in [0.1, 0.15) is 63.1 Å². The minimum absolute atomic E-state index is 0.248. The molecule has 30 heavy (non-hydrogen) atoms. The summed E-state index contributed by atoms with van der Waals surface area (Å²) in [4.78, 5) is 4.84. The largest absolute Gasteiger partial charge is 0.375 e. The van der Waals surface area contributed by atoms with Crippen LogP contribution in [0.4, 0.5) is 0 Å². The van der Waals surface area contributed by atoms with E-state index >= 15 is 0 Å². The van der Waals surface area contributed by atoms with E-state index in [1.54, 1.807) is 15.2 Å². The molecule has 1 aliphatic carbocycles. The number of aryl methyl sites for hydroxylation is 1. The molecule has 0 amide bonds. The van der Waals surface area contributed by atoms with Gasteiger partial charge in [0.15, 0.2) is 5.82 Å². The van der Waals surface area contributed by atoms with Gasteiger partial charge in [-0.25, -0.2) is 8.42 Å². The van der Waals surface area contributed by atoms with Crippen molar-refractivity contribution in [2.24, 2.45) is 5.92 Å². The molecule has 5 rings (SSSR count). The minimum Gasteiger partial charge on any atom is -0.375 e. The van der Waals surface area contributed by atoms with Gasteiger partial charge >= 0.3 is 0 Å². The Bertz CT molecular complexity index is 989. The highest BCUT2D eigenvalue weighted by Crippen LogP contribution is 2.41. The Hall–Kier alpha value is -1.78. The van der Waals surface area contributed by atoms with Gasteiger partial charge in [-0.15, -0.1) is 0 Å². The number of hydrogen-bond acceptors (Lipinski definition) is 7. The minimum atomic E-state index is -3.51. The summed E-state index contributed by atoms with van der Waals surface area (Å²) in [6.45, 7) is 4.23. The first-order valence-corrected chi connectivity index (χ1v) is 12.4. The van der Waals surface area contributed by atoms with Crippen LogP contribution in [0.2, 0.25) is 0 Å². The van der Waals surface area contributed by atoms with Crippen LogP contribution in [0, 0.1) is 5.92 Å². The third-order valence-corrected chi connectivity index (χ3v) is 8.54. The molecule has 1 atom stereocenters. The maximum Gasteiger partial charge on any atom is 0.246 e. The monoisotopic (exact) mass is 435 g/mol. The number of nitrogens with zero attached hydrogens (tertiary/aromatic N) is 5. The lowest BCUT2D eigenvalue weighted by molar-refractivity contribution is -0.121. The van der Waals surface area contributed by atoms with E-state index in [1.165, 1.54) is 6.20 Å². The first-order chi connectivity index (χ1) is 14.5. The van der Waals surface area contributed by atoms with Crippen molar-refractivity contribution in [2.45, 2.75) is 74.8 Å². The van der Waals surface area contributed by atoms with Crippen LogP contribution in [0.15, 0.2) is 21.8 Å². The first kappa shape index (κ1) is 20.1. The van der Waals surface area contributed by atoms with Crippen molar-refractivity contribution in [3.05, 3.63) is 24.1 Å². The standard InChI is InChI=1S/C20H29N5O4S/c1-2-24-14-17(13-21-24)30(26,27)25-8-6-20(7-9-25)12-15(5-10-28-20)11-18-22-19(23-29-18)16-3-4-16/h13-16H,2-12H2,1H3. The summed E-state index contributed by atoms with van der Waals surface area (Å²) in [5, 5.41) is 8.24. The number of aromatic nitrogens is 4. The topological polar surface area (TPSA) is 103 Å². The molecule has 4 heterocycles. The molecule has 164 valence electrons. The highest BCUT2D eigenvalue weighted by atomic mass is 32.2. The summed E-state index contributed by atoms with van der Waals surface area (Å²) in [6, 6.07) is 0. The van der Waals surface area contributed by atoms with Gasteiger partial charge in [0.2, 0.25) is 15.9 Å². The molecule has 2 aliphatic heterocycles. The lowest BCUT2D eigenvalue weighted by atomic mass is 9.79. The van der Waals surface area contributed by atoms with E-state index in [1.807, 2.05) is 6.92 Å². The second kappa shape index (κ2) is 7.72. The fourth-order valence-electron chi connectivity index (χ4n) is 4.69. The second-order valence-corrected chi connectivity index (χ2v) is 10.8. The summed E-state index contributed by atoms with van der Waals surface area (Å²) >= 11 is 0. The normalized spacial score (nSPS) is 25.0. The molecule has 1 unspecified atom stereocenters. The van der Waals surface area contributed by atoms with Crippen LogP contribution in [0.5, 0.6) is 0 Å². The summed E-state index contributed by atoms with van der Waals surface area (Å²) in [5.74, 6) is 2.51. The average molecular weight is 436 g/mol. The maximum atomic E-state index is 13.0. The van der Waals surface area contributed by atoms with E-state index in [2.05, 4.69) is 15.2 Å². The van der Waals surface area contributed by atoms with Gasteiger partial charge in [-0.2, -0.15) is 14.4 Å². The molecular weight excluding hydrogens is 406 g/mol. The number of piperidine rings is 1. The Morgan fingerprint density at radius 1 is 1.23 bits per heavy atom. The Balaban J connectivity index is 1.21. The van der Waals surface area contributed by atoms with Crippen molar-refractivity contribution in [1.29, 1.82) is 0 Å². The van der Waals surface area contributed by atoms with Gasteiger partial charge in [-0.1, -0.05) is 5.16 Å². The van der Waals surface area contributed by atoms with E-state index in [0.29, 0.717) is 50.9 Å². The number of sulfonamides is 1. The Morgan fingerprint density at radius 2 is 2.03 bits per heavy atom. The van der Waals surface area contributed by atoms with E-state index in [4.69, 9.17) is 9.26 Å². The van der Waals surface area contributed by atoms with E-state index < -0.39 is 10.0 Å². The highest BCUT2D eigenvalue weighted by molar-refractivity contribution is 7.89. The van der Waals surface area contributed by atoms with Gasteiger partial charge < -0.3 is 9.26 Å².